The molecule has 45 heavy (non-hydrogen) atoms. The SMILES string of the molecule is CC1(C)c2cc(N(c3ccccc3)c3ccccc3)ccc2-c2c1cc(-n1c3c(c4ccccc41)=CCCC=3)c1ccccc21. The van der Waals surface area contributed by atoms with E-state index in [4.69, 9.17) is 0 Å². The van der Waals surface area contributed by atoms with Crippen LogP contribution in [0.15, 0.2) is 133 Å². The number of fused-ring (bicyclic) bond motifs is 8. The lowest BCUT2D eigenvalue weighted by molar-refractivity contribution is 0.660. The molecular formula is C43H34N2. The zero-order valence-corrected chi connectivity index (χ0v) is 25.7. The molecule has 0 amide bonds. The average Bonchev–Trinajstić information content (AvgIpc) is 3.54. The molecule has 2 aliphatic carbocycles. The molecule has 2 nitrogen and oxygen atoms in total. The summed E-state index contributed by atoms with van der Waals surface area (Å²) >= 11 is 0. The molecular weight excluding hydrogens is 544 g/mol. The minimum absolute atomic E-state index is 0.183. The molecule has 0 aliphatic heterocycles. The molecule has 1 aromatic heterocycles. The predicted octanol–water partition coefficient (Wildman–Crippen LogP) is 9.91. The van der Waals surface area contributed by atoms with E-state index >= 15 is 0 Å². The molecule has 9 rings (SSSR count). The van der Waals surface area contributed by atoms with Crippen molar-refractivity contribution in [3.63, 3.8) is 0 Å². The van der Waals surface area contributed by atoms with Crippen molar-refractivity contribution in [1.29, 1.82) is 0 Å². The van der Waals surface area contributed by atoms with Crippen molar-refractivity contribution in [2.24, 2.45) is 0 Å². The second-order valence-electron chi connectivity index (χ2n) is 12.9. The van der Waals surface area contributed by atoms with E-state index in [-0.39, 0.29) is 5.41 Å². The Hall–Kier alpha value is -5.34. The van der Waals surface area contributed by atoms with Crippen molar-refractivity contribution in [2.45, 2.75) is 32.1 Å². The van der Waals surface area contributed by atoms with Crippen molar-refractivity contribution in [2.75, 3.05) is 4.90 Å². The van der Waals surface area contributed by atoms with Crippen LogP contribution in [0.25, 0.3) is 50.6 Å². The molecule has 216 valence electrons. The first-order valence-corrected chi connectivity index (χ1v) is 16.0. The summed E-state index contributed by atoms with van der Waals surface area (Å²) in [6.07, 6.45) is 7.03. The standard InChI is InChI=1S/C43H34N2/c1-43(2)37-27-31(44(29-15-5-3-6-16-29)30-17-7-4-8-18-30)25-26-36(37)42-35-22-10-9-21-34(35)41(28-38(42)43)45-39-23-13-11-19-32(39)33-20-12-14-24-40(33)45/h3-11,13,15-28H,12,14H2,1-2H3. The highest BCUT2D eigenvalue weighted by molar-refractivity contribution is 6.07. The Kier molecular flexibility index (Phi) is 5.70. The normalized spacial score (nSPS) is 14.4. The lowest BCUT2D eigenvalue weighted by atomic mass is 9.81. The van der Waals surface area contributed by atoms with Crippen molar-refractivity contribution >= 4 is 50.9 Å². The molecule has 6 aromatic carbocycles. The highest BCUT2D eigenvalue weighted by Gasteiger charge is 2.38. The molecule has 0 saturated carbocycles. The van der Waals surface area contributed by atoms with E-state index in [9.17, 15) is 0 Å². The van der Waals surface area contributed by atoms with Gasteiger partial charge >= 0.3 is 0 Å². The van der Waals surface area contributed by atoms with Crippen molar-refractivity contribution in [1.82, 2.24) is 4.57 Å². The second kappa shape index (κ2) is 9.84. The highest BCUT2D eigenvalue weighted by Crippen LogP contribution is 2.54. The molecule has 0 N–H and O–H groups in total. The fourth-order valence-electron chi connectivity index (χ4n) is 7.88. The monoisotopic (exact) mass is 578 g/mol. The summed E-state index contributed by atoms with van der Waals surface area (Å²) in [5, 5.41) is 6.64. The summed E-state index contributed by atoms with van der Waals surface area (Å²) in [7, 11) is 0. The second-order valence-corrected chi connectivity index (χ2v) is 12.9. The van der Waals surface area contributed by atoms with Gasteiger partial charge in [-0.15, -0.1) is 0 Å². The van der Waals surface area contributed by atoms with Crippen LogP contribution in [0.5, 0.6) is 0 Å². The van der Waals surface area contributed by atoms with Gasteiger partial charge in [0.05, 0.1) is 11.2 Å². The van der Waals surface area contributed by atoms with E-state index in [1.807, 2.05) is 0 Å². The van der Waals surface area contributed by atoms with Crippen molar-refractivity contribution in [3.8, 4) is 16.8 Å². The Bertz CT molecular complexity index is 2360. The quantitative estimate of drug-likeness (QED) is 0.202. The van der Waals surface area contributed by atoms with Gasteiger partial charge in [-0.05, 0) is 89.0 Å². The molecule has 0 fully saturated rings. The Balaban J connectivity index is 1.30. The molecule has 0 saturated heterocycles. The molecule has 0 unspecified atom stereocenters. The maximum absolute atomic E-state index is 2.53. The lowest BCUT2D eigenvalue weighted by Crippen LogP contribution is -2.30. The summed E-state index contributed by atoms with van der Waals surface area (Å²) in [5.74, 6) is 0. The Morgan fingerprint density at radius 2 is 1.18 bits per heavy atom. The summed E-state index contributed by atoms with van der Waals surface area (Å²) in [4.78, 5) is 2.37. The lowest BCUT2D eigenvalue weighted by Gasteiger charge is -2.28. The Morgan fingerprint density at radius 3 is 1.91 bits per heavy atom. The van der Waals surface area contributed by atoms with Crippen LogP contribution in [0.3, 0.4) is 0 Å². The molecule has 0 spiro atoms. The molecule has 2 heteroatoms. The molecule has 7 aromatic rings. The average molecular weight is 579 g/mol. The van der Waals surface area contributed by atoms with Crippen LogP contribution in [0.4, 0.5) is 17.1 Å². The van der Waals surface area contributed by atoms with Gasteiger partial charge < -0.3 is 9.47 Å². The number of nitrogens with zero attached hydrogens (tertiary/aromatic N) is 2. The van der Waals surface area contributed by atoms with E-state index in [2.05, 4.69) is 169 Å². The van der Waals surface area contributed by atoms with E-state index < -0.39 is 0 Å². The molecule has 2 aliphatic rings. The first-order chi connectivity index (χ1) is 22.1. The van der Waals surface area contributed by atoms with E-state index in [0.717, 1.165) is 24.2 Å². The van der Waals surface area contributed by atoms with Crippen LogP contribution in [-0.2, 0) is 5.41 Å². The molecule has 0 atom stereocenters. The maximum atomic E-state index is 2.53. The number of anilines is 3. The van der Waals surface area contributed by atoms with Gasteiger partial charge in [0.2, 0.25) is 0 Å². The van der Waals surface area contributed by atoms with E-state index in [0.29, 0.717) is 0 Å². The van der Waals surface area contributed by atoms with Crippen LogP contribution in [-0.4, -0.2) is 4.57 Å². The molecule has 0 bridgehead atoms. The topological polar surface area (TPSA) is 8.17 Å². The van der Waals surface area contributed by atoms with E-state index in [1.165, 1.54) is 65.9 Å². The Morgan fingerprint density at radius 1 is 0.556 bits per heavy atom. The van der Waals surface area contributed by atoms with Crippen molar-refractivity contribution in [3.05, 3.63) is 155 Å². The van der Waals surface area contributed by atoms with Crippen LogP contribution in [0, 0.1) is 0 Å². The summed E-state index contributed by atoms with van der Waals surface area (Å²) < 4.78 is 2.53. The Labute approximate surface area is 263 Å². The van der Waals surface area contributed by atoms with E-state index in [1.54, 1.807) is 0 Å². The highest BCUT2D eigenvalue weighted by atomic mass is 15.1. The number of rotatable bonds is 4. The predicted molar refractivity (Wildman–Crippen MR) is 190 cm³/mol. The number of hydrogen-bond acceptors (Lipinski definition) is 1. The first-order valence-electron chi connectivity index (χ1n) is 16.0. The van der Waals surface area contributed by atoms with Gasteiger partial charge in [-0.1, -0.05) is 111 Å². The van der Waals surface area contributed by atoms with Crippen LogP contribution < -0.4 is 15.5 Å². The zero-order chi connectivity index (χ0) is 30.1. The largest absolute Gasteiger partial charge is 0.310 e. The maximum Gasteiger partial charge on any atom is 0.0543 e. The van der Waals surface area contributed by atoms with Gasteiger partial charge in [-0.2, -0.15) is 0 Å². The molecule has 0 radical (unpaired) electrons. The number of benzene rings is 6. The zero-order valence-electron chi connectivity index (χ0n) is 25.7. The van der Waals surface area contributed by atoms with Gasteiger partial charge in [-0.3, -0.25) is 0 Å². The van der Waals surface area contributed by atoms with Gasteiger partial charge in [0, 0.05) is 43.8 Å². The third kappa shape index (κ3) is 3.82. The summed E-state index contributed by atoms with van der Waals surface area (Å²) in [6.45, 7) is 4.80. The smallest absolute Gasteiger partial charge is 0.0543 e. The minimum atomic E-state index is -0.183. The number of aromatic nitrogens is 1. The summed E-state index contributed by atoms with van der Waals surface area (Å²) in [6, 6.07) is 48.9. The first kappa shape index (κ1) is 26.1. The van der Waals surface area contributed by atoms with Gasteiger partial charge in [0.25, 0.3) is 0 Å². The van der Waals surface area contributed by atoms with Crippen molar-refractivity contribution < 1.29 is 0 Å². The fourth-order valence-corrected chi connectivity index (χ4v) is 7.88. The van der Waals surface area contributed by atoms with Gasteiger partial charge in [0.1, 0.15) is 0 Å². The summed E-state index contributed by atoms with van der Waals surface area (Å²) in [5.41, 5.74) is 11.3. The number of hydrogen-bond donors (Lipinski definition) is 0. The third-order valence-corrected chi connectivity index (χ3v) is 9.97. The van der Waals surface area contributed by atoms with Crippen LogP contribution in [0.2, 0.25) is 0 Å². The van der Waals surface area contributed by atoms with Crippen LogP contribution >= 0.6 is 0 Å². The minimum Gasteiger partial charge on any atom is -0.310 e. The van der Waals surface area contributed by atoms with Gasteiger partial charge in [0.15, 0.2) is 0 Å². The van der Waals surface area contributed by atoms with Gasteiger partial charge in [-0.25, -0.2) is 0 Å². The molecule has 1 heterocycles. The third-order valence-electron chi connectivity index (χ3n) is 9.97. The number of para-hydroxylation sites is 3. The fraction of sp³-hybridized carbons (Fsp3) is 0.116. The van der Waals surface area contributed by atoms with Crippen LogP contribution in [0.1, 0.15) is 37.8 Å².